The van der Waals surface area contributed by atoms with Crippen molar-refractivity contribution in [2.45, 2.75) is 32.2 Å². The van der Waals surface area contributed by atoms with Crippen LogP contribution in [-0.4, -0.2) is 34.6 Å². The van der Waals surface area contributed by atoms with Gasteiger partial charge in [0.25, 0.3) is 0 Å². The van der Waals surface area contributed by atoms with Crippen LogP contribution in [0.5, 0.6) is 0 Å². The molecule has 0 spiro atoms. The average molecular weight is 328 g/mol. The summed E-state index contributed by atoms with van der Waals surface area (Å²) in [7, 11) is 0. The molecule has 2 heterocycles. The van der Waals surface area contributed by atoms with Crippen molar-refractivity contribution < 1.29 is 4.79 Å². The first-order chi connectivity index (χ1) is 11.0. The lowest BCUT2D eigenvalue weighted by Crippen LogP contribution is -2.43. The van der Waals surface area contributed by atoms with Crippen LogP contribution in [0.25, 0.3) is 10.9 Å². The predicted molar refractivity (Wildman–Crippen MR) is 96.7 cm³/mol. The van der Waals surface area contributed by atoms with Crippen LogP contribution in [0.2, 0.25) is 0 Å². The van der Waals surface area contributed by atoms with Crippen molar-refractivity contribution in [1.82, 2.24) is 9.88 Å². The molecule has 2 unspecified atom stereocenters. The van der Waals surface area contributed by atoms with E-state index in [4.69, 9.17) is 0 Å². The molecule has 1 amide bonds. The minimum atomic E-state index is 0.237. The SMILES string of the molecule is Cc1cc(SCC(=O)N2CC(C)CC(C)C2)nc2ccccc12. The van der Waals surface area contributed by atoms with E-state index in [1.807, 2.05) is 23.1 Å². The molecule has 1 fully saturated rings. The minimum Gasteiger partial charge on any atom is -0.341 e. The fraction of sp³-hybridized carbons (Fsp3) is 0.474. The van der Waals surface area contributed by atoms with Gasteiger partial charge in [0.1, 0.15) is 0 Å². The van der Waals surface area contributed by atoms with Gasteiger partial charge >= 0.3 is 0 Å². The number of hydrogen-bond acceptors (Lipinski definition) is 3. The average Bonchev–Trinajstić information content (AvgIpc) is 2.52. The number of benzene rings is 1. The molecule has 0 bridgehead atoms. The van der Waals surface area contributed by atoms with E-state index in [0.717, 1.165) is 23.6 Å². The van der Waals surface area contributed by atoms with Gasteiger partial charge in [0, 0.05) is 18.5 Å². The standard InChI is InChI=1S/C19H24N2OS/c1-13-8-14(2)11-21(10-13)19(22)12-23-18-9-15(3)16-6-4-5-7-17(16)20-18/h4-7,9,13-14H,8,10-12H2,1-3H3. The summed E-state index contributed by atoms with van der Waals surface area (Å²) >= 11 is 1.55. The highest BCUT2D eigenvalue weighted by Gasteiger charge is 2.25. The van der Waals surface area contributed by atoms with Crippen LogP contribution in [0.4, 0.5) is 0 Å². The van der Waals surface area contributed by atoms with Crippen LogP contribution >= 0.6 is 11.8 Å². The summed E-state index contributed by atoms with van der Waals surface area (Å²) in [6.45, 7) is 8.36. The van der Waals surface area contributed by atoms with E-state index in [9.17, 15) is 4.79 Å². The van der Waals surface area contributed by atoms with Crippen molar-refractivity contribution in [3.8, 4) is 0 Å². The van der Waals surface area contributed by atoms with Gasteiger partial charge in [0.05, 0.1) is 16.3 Å². The topological polar surface area (TPSA) is 33.2 Å². The van der Waals surface area contributed by atoms with Crippen LogP contribution in [0, 0.1) is 18.8 Å². The predicted octanol–water partition coefficient (Wildman–Crippen LogP) is 4.14. The highest BCUT2D eigenvalue weighted by atomic mass is 32.2. The van der Waals surface area contributed by atoms with Gasteiger partial charge in [-0.1, -0.05) is 43.8 Å². The van der Waals surface area contributed by atoms with E-state index in [-0.39, 0.29) is 5.91 Å². The molecule has 0 aliphatic carbocycles. The molecule has 2 aromatic rings. The maximum atomic E-state index is 12.5. The Morgan fingerprint density at radius 1 is 1.26 bits per heavy atom. The maximum absolute atomic E-state index is 12.5. The highest BCUT2D eigenvalue weighted by Crippen LogP contribution is 2.25. The minimum absolute atomic E-state index is 0.237. The van der Waals surface area contributed by atoms with Crippen LogP contribution < -0.4 is 0 Å². The van der Waals surface area contributed by atoms with Crippen molar-refractivity contribution in [2.75, 3.05) is 18.8 Å². The summed E-state index contributed by atoms with van der Waals surface area (Å²) in [6, 6.07) is 10.2. The lowest BCUT2D eigenvalue weighted by atomic mass is 9.92. The van der Waals surface area contributed by atoms with Crippen molar-refractivity contribution >= 4 is 28.6 Å². The van der Waals surface area contributed by atoms with E-state index in [1.165, 1.54) is 17.4 Å². The fourth-order valence-corrected chi connectivity index (χ4v) is 4.36. The quantitative estimate of drug-likeness (QED) is 0.794. The van der Waals surface area contributed by atoms with Crippen LogP contribution in [0.3, 0.4) is 0 Å². The van der Waals surface area contributed by atoms with Crippen molar-refractivity contribution in [2.24, 2.45) is 11.8 Å². The molecule has 23 heavy (non-hydrogen) atoms. The molecule has 0 N–H and O–H groups in total. The number of likely N-dealkylation sites (tertiary alicyclic amines) is 1. The molecule has 1 saturated heterocycles. The number of thioether (sulfide) groups is 1. The number of para-hydroxylation sites is 1. The van der Waals surface area contributed by atoms with Gasteiger partial charge in [-0.15, -0.1) is 0 Å². The van der Waals surface area contributed by atoms with Gasteiger partial charge in [-0.2, -0.15) is 0 Å². The molecule has 1 aliphatic heterocycles. The highest BCUT2D eigenvalue weighted by molar-refractivity contribution is 7.99. The zero-order valence-electron chi connectivity index (χ0n) is 14.1. The summed E-state index contributed by atoms with van der Waals surface area (Å²) in [5, 5.41) is 2.12. The Kier molecular flexibility index (Phi) is 4.90. The number of aromatic nitrogens is 1. The first-order valence-electron chi connectivity index (χ1n) is 8.30. The van der Waals surface area contributed by atoms with Gasteiger partial charge in [-0.25, -0.2) is 4.98 Å². The Morgan fingerprint density at radius 2 is 1.96 bits per heavy atom. The normalized spacial score (nSPS) is 21.6. The molecule has 1 aliphatic rings. The molecule has 122 valence electrons. The Hall–Kier alpha value is -1.55. The number of pyridine rings is 1. The molecule has 0 saturated carbocycles. The van der Waals surface area contributed by atoms with Crippen LogP contribution in [-0.2, 0) is 4.79 Å². The Morgan fingerprint density at radius 3 is 2.70 bits per heavy atom. The van der Waals surface area contributed by atoms with Crippen molar-refractivity contribution in [3.05, 3.63) is 35.9 Å². The lowest BCUT2D eigenvalue weighted by Gasteiger charge is -2.35. The van der Waals surface area contributed by atoms with E-state index in [2.05, 4.69) is 37.9 Å². The third-order valence-electron chi connectivity index (χ3n) is 4.46. The number of carbonyl (C=O) groups is 1. The second kappa shape index (κ2) is 6.91. The zero-order valence-corrected chi connectivity index (χ0v) is 14.9. The number of amides is 1. The van der Waals surface area contributed by atoms with E-state index in [1.54, 1.807) is 11.8 Å². The number of nitrogens with zero attached hydrogens (tertiary/aromatic N) is 2. The van der Waals surface area contributed by atoms with E-state index < -0.39 is 0 Å². The third kappa shape index (κ3) is 3.86. The molecule has 1 aromatic carbocycles. The molecule has 3 rings (SSSR count). The fourth-order valence-electron chi connectivity index (χ4n) is 3.49. The second-order valence-electron chi connectivity index (χ2n) is 6.83. The lowest BCUT2D eigenvalue weighted by molar-refractivity contribution is -0.130. The van der Waals surface area contributed by atoms with Crippen molar-refractivity contribution in [3.63, 3.8) is 0 Å². The third-order valence-corrected chi connectivity index (χ3v) is 5.36. The van der Waals surface area contributed by atoms with Crippen LogP contribution in [0.15, 0.2) is 35.4 Å². The Labute approximate surface area is 142 Å². The summed E-state index contributed by atoms with van der Waals surface area (Å²) in [4.78, 5) is 19.2. The number of fused-ring (bicyclic) bond motifs is 1. The number of aryl methyl sites for hydroxylation is 1. The summed E-state index contributed by atoms with van der Waals surface area (Å²) in [6.07, 6.45) is 1.22. The Balaban J connectivity index is 1.67. The van der Waals surface area contributed by atoms with Gasteiger partial charge in [-0.3, -0.25) is 4.79 Å². The number of hydrogen-bond donors (Lipinski definition) is 0. The molecule has 0 radical (unpaired) electrons. The van der Waals surface area contributed by atoms with Crippen molar-refractivity contribution in [1.29, 1.82) is 0 Å². The summed E-state index contributed by atoms with van der Waals surface area (Å²) < 4.78 is 0. The van der Waals surface area contributed by atoms with Gasteiger partial charge in [0.2, 0.25) is 5.91 Å². The van der Waals surface area contributed by atoms with Gasteiger partial charge < -0.3 is 4.90 Å². The smallest absolute Gasteiger partial charge is 0.233 e. The van der Waals surface area contributed by atoms with E-state index >= 15 is 0 Å². The van der Waals surface area contributed by atoms with Gasteiger partial charge in [0.15, 0.2) is 0 Å². The monoisotopic (exact) mass is 328 g/mol. The first kappa shape index (κ1) is 16.3. The molecule has 4 heteroatoms. The summed E-state index contributed by atoms with van der Waals surface area (Å²) in [5.41, 5.74) is 2.22. The molecular weight excluding hydrogens is 304 g/mol. The number of piperidine rings is 1. The first-order valence-corrected chi connectivity index (χ1v) is 9.28. The number of carbonyl (C=O) groups excluding carboxylic acids is 1. The Bertz CT molecular complexity index is 706. The second-order valence-corrected chi connectivity index (χ2v) is 7.82. The number of rotatable bonds is 3. The molecule has 1 aromatic heterocycles. The van der Waals surface area contributed by atoms with Gasteiger partial charge in [-0.05, 0) is 42.9 Å². The summed E-state index contributed by atoms with van der Waals surface area (Å²) in [5.74, 6) is 1.92. The molecule has 3 nitrogen and oxygen atoms in total. The molecular formula is C19H24N2OS. The largest absolute Gasteiger partial charge is 0.341 e. The van der Waals surface area contributed by atoms with E-state index in [0.29, 0.717) is 17.6 Å². The van der Waals surface area contributed by atoms with Crippen LogP contribution in [0.1, 0.15) is 25.8 Å². The molecule has 2 atom stereocenters. The zero-order chi connectivity index (χ0) is 16.4. The maximum Gasteiger partial charge on any atom is 0.233 e.